The summed E-state index contributed by atoms with van der Waals surface area (Å²) in [6.45, 7) is 6.01. The van der Waals surface area contributed by atoms with Gasteiger partial charge in [0.05, 0.1) is 17.6 Å². The Hall–Kier alpha value is -3.56. The van der Waals surface area contributed by atoms with E-state index in [4.69, 9.17) is 20.8 Å². The van der Waals surface area contributed by atoms with Crippen molar-refractivity contribution >= 4 is 22.8 Å². The molecule has 2 N–H and O–H groups in total. The monoisotopic (exact) mass is 474 g/mol. The first-order valence-electron chi connectivity index (χ1n) is 11.9. The van der Waals surface area contributed by atoms with Crippen LogP contribution in [0, 0.1) is 5.82 Å². The summed E-state index contributed by atoms with van der Waals surface area (Å²) in [6.07, 6.45) is 0. The van der Waals surface area contributed by atoms with E-state index in [2.05, 4.69) is 28.8 Å². The first kappa shape index (κ1) is 23.2. The summed E-state index contributed by atoms with van der Waals surface area (Å²) >= 11 is 0. The molecule has 0 aliphatic carbocycles. The van der Waals surface area contributed by atoms with Crippen molar-refractivity contribution in [2.45, 2.75) is 6.54 Å². The number of fused-ring (bicyclic) bond motifs is 1. The van der Waals surface area contributed by atoms with Gasteiger partial charge in [-0.25, -0.2) is 14.1 Å². The van der Waals surface area contributed by atoms with Crippen LogP contribution in [0.15, 0.2) is 54.6 Å². The van der Waals surface area contributed by atoms with Crippen molar-refractivity contribution in [2.75, 3.05) is 64.0 Å². The van der Waals surface area contributed by atoms with Crippen LogP contribution in [0.3, 0.4) is 0 Å². The third-order valence-corrected chi connectivity index (χ3v) is 6.45. The van der Waals surface area contributed by atoms with Gasteiger partial charge in [-0.15, -0.1) is 5.10 Å². The summed E-state index contributed by atoms with van der Waals surface area (Å²) < 4.78 is 16.6. The zero-order chi connectivity index (χ0) is 24.4. The van der Waals surface area contributed by atoms with Crippen LogP contribution in [0.2, 0.25) is 0 Å². The molecule has 0 spiro atoms. The van der Waals surface area contributed by atoms with Gasteiger partial charge in [-0.3, -0.25) is 4.90 Å². The number of nitrogens with two attached hydrogens (primary N) is 1. The summed E-state index contributed by atoms with van der Waals surface area (Å²) in [5.74, 6) is 0.650. The summed E-state index contributed by atoms with van der Waals surface area (Å²) in [6, 6.07) is 16.6. The number of rotatable bonds is 7. The Labute approximate surface area is 204 Å². The fourth-order valence-corrected chi connectivity index (χ4v) is 4.42. The number of benzene rings is 2. The van der Waals surface area contributed by atoms with E-state index in [0.29, 0.717) is 40.6 Å². The Balaban J connectivity index is 1.52. The predicted molar refractivity (Wildman–Crippen MR) is 138 cm³/mol. The summed E-state index contributed by atoms with van der Waals surface area (Å²) in [5, 5.41) is 5.30. The number of hydrogen-bond acceptors (Lipinski definition) is 7. The van der Waals surface area contributed by atoms with Crippen molar-refractivity contribution < 1.29 is 4.39 Å². The first-order chi connectivity index (χ1) is 17.0. The van der Waals surface area contributed by atoms with E-state index >= 15 is 0 Å². The van der Waals surface area contributed by atoms with Crippen LogP contribution in [-0.2, 0) is 6.54 Å². The largest absolute Gasteiger partial charge is 0.383 e. The molecule has 0 bridgehead atoms. The molecule has 0 amide bonds. The van der Waals surface area contributed by atoms with Crippen LogP contribution in [-0.4, -0.2) is 82.9 Å². The zero-order valence-corrected chi connectivity index (χ0v) is 20.2. The van der Waals surface area contributed by atoms with Gasteiger partial charge in [-0.2, -0.15) is 4.98 Å². The number of nitrogen functional groups attached to an aromatic ring is 1. The van der Waals surface area contributed by atoms with Gasteiger partial charge in [0, 0.05) is 44.8 Å². The van der Waals surface area contributed by atoms with E-state index in [1.165, 1.54) is 6.07 Å². The SMILES string of the molecule is CN(C)CCN1CCN(c2nc(-c3ccccc3F)c3c(N)n(Cc4ccccc4)nc3n2)CC1. The summed E-state index contributed by atoms with van der Waals surface area (Å²) in [4.78, 5) is 16.4. The number of aromatic nitrogens is 4. The van der Waals surface area contributed by atoms with E-state index in [9.17, 15) is 4.39 Å². The average Bonchev–Trinajstić information content (AvgIpc) is 3.18. The third-order valence-electron chi connectivity index (χ3n) is 6.45. The molecule has 4 aromatic rings. The van der Waals surface area contributed by atoms with Crippen LogP contribution >= 0.6 is 0 Å². The van der Waals surface area contributed by atoms with E-state index < -0.39 is 0 Å². The minimum absolute atomic E-state index is 0.345. The van der Waals surface area contributed by atoms with Gasteiger partial charge in [0.1, 0.15) is 11.6 Å². The molecular weight excluding hydrogens is 443 g/mol. The average molecular weight is 475 g/mol. The second-order valence-corrected chi connectivity index (χ2v) is 9.21. The second kappa shape index (κ2) is 9.97. The number of nitrogens with zero attached hydrogens (tertiary/aromatic N) is 7. The van der Waals surface area contributed by atoms with Crippen molar-refractivity contribution in [1.29, 1.82) is 0 Å². The molecule has 1 saturated heterocycles. The highest BCUT2D eigenvalue weighted by Crippen LogP contribution is 2.34. The highest BCUT2D eigenvalue weighted by molar-refractivity contribution is 5.99. The van der Waals surface area contributed by atoms with Crippen molar-refractivity contribution in [3.63, 3.8) is 0 Å². The maximum absolute atomic E-state index is 14.9. The van der Waals surface area contributed by atoms with Crippen LogP contribution in [0.5, 0.6) is 0 Å². The summed E-state index contributed by atoms with van der Waals surface area (Å²) in [5.41, 5.74) is 8.99. The number of anilines is 2. The molecular formula is C26H31FN8. The molecule has 2 aromatic carbocycles. The normalized spacial score (nSPS) is 14.8. The van der Waals surface area contributed by atoms with Gasteiger partial charge >= 0.3 is 0 Å². The van der Waals surface area contributed by atoms with Crippen LogP contribution in [0.25, 0.3) is 22.3 Å². The van der Waals surface area contributed by atoms with Crippen molar-refractivity contribution in [3.05, 3.63) is 66.0 Å². The molecule has 35 heavy (non-hydrogen) atoms. The molecule has 3 heterocycles. The van der Waals surface area contributed by atoms with Gasteiger partial charge in [-0.05, 0) is 31.8 Å². The van der Waals surface area contributed by atoms with Gasteiger partial charge in [-0.1, -0.05) is 42.5 Å². The number of hydrogen-bond donors (Lipinski definition) is 1. The molecule has 5 rings (SSSR count). The lowest BCUT2D eigenvalue weighted by Crippen LogP contribution is -2.48. The molecule has 0 radical (unpaired) electrons. The van der Waals surface area contributed by atoms with Crippen molar-refractivity contribution in [1.82, 2.24) is 29.5 Å². The number of halogens is 1. The van der Waals surface area contributed by atoms with Gasteiger partial charge in [0.2, 0.25) is 5.95 Å². The summed E-state index contributed by atoms with van der Waals surface area (Å²) in [7, 11) is 4.18. The molecule has 0 atom stereocenters. The van der Waals surface area contributed by atoms with Gasteiger partial charge < -0.3 is 15.5 Å². The lowest BCUT2D eigenvalue weighted by molar-refractivity contribution is 0.229. The maximum Gasteiger partial charge on any atom is 0.228 e. The molecule has 0 unspecified atom stereocenters. The maximum atomic E-state index is 14.9. The molecule has 1 aliphatic rings. The smallest absolute Gasteiger partial charge is 0.228 e. The minimum atomic E-state index is -0.345. The quantitative estimate of drug-likeness (QED) is 0.441. The van der Waals surface area contributed by atoms with E-state index in [1.54, 1.807) is 22.9 Å². The Morgan fingerprint density at radius 2 is 1.66 bits per heavy atom. The first-order valence-corrected chi connectivity index (χ1v) is 11.9. The van der Waals surface area contributed by atoms with Gasteiger partial charge in [0.15, 0.2) is 5.65 Å². The predicted octanol–water partition coefficient (Wildman–Crippen LogP) is 2.95. The number of piperazine rings is 1. The van der Waals surface area contributed by atoms with E-state index in [-0.39, 0.29) is 5.82 Å². The molecule has 9 heteroatoms. The Bertz CT molecular complexity index is 1300. The lowest BCUT2D eigenvalue weighted by atomic mass is 10.1. The molecule has 0 saturated carbocycles. The van der Waals surface area contributed by atoms with Crippen LogP contribution in [0.1, 0.15) is 5.56 Å². The lowest BCUT2D eigenvalue weighted by Gasteiger charge is -2.35. The van der Waals surface area contributed by atoms with Gasteiger partial charge in [0.25, 0.3) is 0 Å². The number of likely N-dealkylation sites (N-methyl/N-ethyl adjacent to an activating group) is 1. The Morgan fingerprint density at radius 3 is 2.37 bits per heavy atom. The third kappa shape index (κ3) is 4.96. The minimum Gasteiger partial charge on any atom is -0.383 e. The highest BCUT2D eigenvalue weighted by atomic mass is 19.1. The Kier molecular flexibility index (Phi) is 6.61. The van der Waals surface area contributed by atoms with E-state index in [0.717, 1.165) is 44.8 Å². The second-order valence-electron chi connectivity index (χ2n) is 9.21. The zero-order valence-electron chi connectivity index (χ0n) is 20.2. The molecule has 2 aromatic heterocycles. The van der Waals surface area contributed by atoms with Crippen LogP contribution in [0.4, 0.5) is 16.2 Å². The van der Waals surface area contributed by atoms with Crippen molar-refractivity contribution in [3.8, 4) is 11.3 Å². The van der Waals surface area contributed by atoms with Crippen molar-refractivity contribution in [2.24, 2.45) is 0 Å². The molecule has 8 nitrogen and oxygen atoms in total. The molecule has 182 valence electrons. The van der Waals surface area contributed by atoms with E-state index in [1.807, 2.05) is 30.3 Å². The molecule has 1 fully saturated rings. The fourth-order valence-electron chi connectivity index (χ4n) is 4.42. The van der Waals surface area contributed by atoms with Crippen LogP contribution < -0.4 is 10.6 Å². The Morgan fingerprint density at radius 1 is 0.943 bits per heavy atom. The topological polar surface area (TPSA) is 79.3 Å². The highest BCUT2D eigenvalue weighted by Gasteiger charge is 2.24. The molecule has 1 aliphatic heterocycles. The fraction of sp³-hybridized carbons (Fsp3) is 0.346. The standard InChI is InChI=1S/C26H31FN8/c1-32(2)12-13-33-14-16-34(17-15-33)26-29-23(20-10-6-7-11-21(20)27)22-24(28)35(31-25(22)30-26)18-19-8-4-3-5-9-19/h3-11H,12-18,28H2,1-2H3.